The largest absolute Gasteiger partial charge is 1.00 e. The molecule has 0 aromatic heterocycles. The molecule has 11 heavy (non-hydrogen) atoms. The summed E-state index contributed by atoms with van der Waals surface area (Å²) in [5.74, 6) is 0. The molecule has 0 heterocycles. The van der Waals surface area contributed by atoms with Gasteiger partial charge in [0.1, 0.15) is 0 Å². The fraction of sp³-hybridized carbons (Fsp3) is 1.00. The smallest absolute Gasteiger partial charge is 0.891 e. The van der Waals surface area contributed by atoms with Gasteiger partial charge < -0.3 is 14.8 Å². The third-order valence-electron chi connectivity index (χ3n) is 0.383. The van der Waals surface area contributed by atoms with Crippen LogP contribution < -0.4 is 113 Å². The molecule has 0 aliphatic heterocycles. The summed E-state index contributed by atoms with van der Waals surface area (Å²) in [6.07, 6.45) is -4.87. The number of ether oxygens (including phenoxy) is 1. The molecule has 9 heteroatoms. The van der Waals surface area contributed by atoms with E-state index in [2.05, 4.69) is 4.74 Å². The number of hydrogen-bond donors (Lipinski definition) is 0. The van der Waals surface area contributed by atoms with Crippen LogP contribution in [-0.2, 0) is 4.74 Å². The fourth-order valence-corrected chi connectivity index (χ4v) is 0.163. The van der Waals surface area contributed by atoms with Crippen LogP contribution in [0.4, 0.5) is 13.2 Å². The van der Waals surface area contributed by atoms with Gasteiger partial charge in [-0.25, -0.2) is 0 Å². The van der Waals surface area contributed by atoms with E-state index in [0.717, 1.165) is 0 Å². The van der Waals surface area contributed by atoms with Gasteiger partial charge in [-0.05, 0) is 6.51 Å². The van der Waals surface area contributed by atoms with Crippen LogP contribution >= 0.6 is 0 Å². The van der Waals surface area contributed by atoms with Crippen molar-refractivity contribution in [3.05, 3.63) is 0 Å². The van der Waals surface area contributed by atoms with Gasteiger partial charge in [0.15, 0.2) is 0 Å². The summed E-state index contributed by atoms with van der Waals surface area (Å²) in [6, 6.07) is 0. The van der Waals surface area contributed by atoms with Crippen LogP contribution in [0.2, 0.25) is 0 Å². The molecular weight excluding hydrogens is 218 g/mol. The summed E-state index contributed by atoms with van der Waals surface area (Å²) < 4.78 is 35.6. The van der Waals surface area contributed by atoms with Crippen molar-refractivity contribution in [2.45, 2.75) is 6.36 Å². The number of halogens is 3. The zero-order valence-corrected chi connectivity index (χ0v) is 12.4. The van der Waals surface area contributed by atoms with Crippen molar-refractivity contribution in [1.82, 2.24) is 0 Å². The summed E-state index contributed by atoms with van der Waals surface area (Å²) in [5, 5.41) is 18.8. The molecule has 0 saturated carbocycles. The van der Waals surface area contributed by atoms with Crippen molar-refractivity contribution in [3.63, 3.8) is 0 Å². The van der Waals surface area contributed by atoms with Crippen LogP contribution in [-0.4, -0.2) is 20.0 Å². The van der Waals surface area contributed by atoms with E-state index >= 15 is 0 Å². The van der Waals surface area contributed by atoms with E-state index in [9.17, 15) is 23.2 Å². The van der Waals surface area contributed by atoms with Gasteiger partial charge in [0, 0.05) is 0 Å². The normalized spacial score (nSPS) is 9.55. The molecule has 0 aliphatic rings. The second-order valence-electron chi connectivity index (χ2n) is 1.19. The van der Waals surface area contributed by atoms with E-state index < -0.39 is 20.0 Å². The second kappa shape index (κ2) is 9.56. The van der Waals surface area contributed by atoms with E-state index in [-0.39, 0.29) is 103 Å². The first kappa shape index (κ1) is 19.6. The molecule has 0 rings (SSSR count). The molecule has 54 valence electrons. The summed E-state index contributed by atoms with van der Waals surface area (Å²) in [5.41, 5.74) is 0. The second-order valence-corrected chi connectivity index (χ2v) is 1.19. The van der Waals surface area contributed by atoms with Gasteiger partial charge in [-0.1, -0.05) is 7.12 Å². The van der Waals surface area contributed by atoms with Crippen molar-refractivity contribution in [2.24, 2.45) is 0 Å². The quantitative estimate of drug-likeness (QED) is 0.434. The molecule has 0 atom stereocenters. The van der Waals surface area contributed by atoms with Gasteiger partial charge in [-0.3, -0.25) is 0 Å². The number of hydrogen-bond acceptors (Lipinski definition) is 3. The molecule has 0 aliphatic carbocycles. The summed E-state index contributed by atoms with van der Waals surface area (Å²) in [7, 11) is -2.58. The van der Waals surface area contributed by atoms with Gasteiger partial charge in [0.05, 0.1) is 0 Å². The summed E-state index contributed by atoms with van der Waals surface area (Å²) >= 11 is 0. The van der Waals surface area contributed by atoms with Crippen LogP contribution in [0.15, 0.2) is 0 Å². The average Bonchev–Trinajstić information content (AvgIpc) is 1.59. The Morgan fingerprint density at radius 3 is 1.64 bits per heavy atom. The minimum absolute atomic E-state index is 0. The molecule has 0 aromatic rings. The Labute approximate surface area is 147 Å². The molecule has 0 saturated heterocycles. The zero-order chi connectivity index (χ0) is 7.49. The molecule has 0 bridgehead atoms. The van der Waals surface area contributed by atoms with Crippen molar-refractivity contribution >= 4 is 7.12 Å². The predicted octanol–water partition coefficient (Wildman–Crippen LogP) is -7.72. The topological polar surface area (TPSA) is 55.3 Å². The molecule has 3 nitrogen and oxygen atoms in total. The van der Waals surface area contributed by atoms with Crippen LogP contribution in [0, 0.1) is 0 Å². The van der Waals surface area contributed by atoms with E-state index in [4.69, 9.17) is 0 Å². The summed E-state index contributed by atoms with van der Waals surface area (Å²) in [4.78, 5) is 0. The third kappa shape index (κ3) is 19.4. The Kier molecular flexibility index (Phi) is 17.0. The SMILES string of the molecule is [K+].[K+].[O-]B([O-])COC(F)(F)F. The van der Waals surface area contributed by atoms with Crippen molar-refractivity contribution in [3.8, 4) is 0 Å². The van der Waals surface area contributed by atoms with E-state index in [1.165, 1.54) is 0 Å². The molecule has 0 unspecified atom stereocenters. The molecular formula is C2H2BF3K2O3. The first-order valence-electron chi connectivity index (χ1n) is 1.94. The van der Waals surface area contributed by atoms with Crippen molar-refractivity contribution < 1.29 is 131 Å². The Hall–Kier alpha value is 3.01. The predicted molar refractivity (Wildman–Crippen MR) is 17.8 cm³/mol. The molecule has 0 radical (unpaired) electrons. The number of alkyl halides is 3. The maximum Gasteiger partial charge on any atom is 1.00 e. The first-order chi connectivity index (χ1) is 3.92. The minimum Gasteiger partial charge on any atom is -0.891 e. The maximum absolute atomic E-state index is 10.9. The maximum atomic E-state index is 10.9. The van der Waals surface area contributed by atoms with Gasteiger partial charge >= 0.3 is 109 Å². The third-order valence-corrected chi connectivity index (χ3v) is 0.383. The summed E-state index contributed by atoms with van der Waals surface area (Å²) in [6.45, 7) is -1.37. The van der Waals surface area contributed by atoms with Crippen LogP contribution in [0.25, 0.3) is 0 Å². The fourth-order valence-electron chi connectivity index (χ4n) is 0.163. The molecule has 0 aromatic carbocycles. The van der Waals surface area contributed by atoms with Gasteiger partial charge in [0.2, 0.25) is 0 Å². The van der Waals surface area contributed by atoms with E-state index in [1.807, 2.05) is 0 Å². The molecule has 0 spiro atoms. The number of rotatable bonds is 2. The van der Waals surface area contributed by atoms with Crippen LogP contribution in [0.1, 0.15) is 0 Å². The molecule has 0 amide bonds. The average molecular weight is 220 g/mol. The Bertz CT molecular complexity index is 89.1. The standard InChI is InChI=1S/C2H2BF3O3.2K/c4-2(5,6)9-1-3(7)8;;/h1H2;;/q-2;2*+1. The van der Waals surface area contributed by atoms with Crippen LogP contribution in [0.3, 0.4) is 0 Å². The van der Waals surface area contributed by atoms with Gasteiger partial charge in [0.25, 0.3) is 0 Å². The van der Waals surface area contributed by atoms with Crippen molar-refractivity contribution in [1.29, 1.82) is 0 Å². The first-order valence-corrected chi connectivity index (χ1v) is 1.94. The van der Waals surface area contributed by atoms with Gasteiger partial charge in [-0.15, -0.1) is 13.2 Å². The Balaban J connectivity index is -0.000000320. The van der Waals surface area contributed by atoms with E-state index in [0.29, 0.717) is 0 Å². The van der Waals surface area contributed by atoms with Crippen LogP contribution in [0.5, 0.6) is 0 Å². The molecule has 0 N–H and O–H groups in total. The minimum atomic E-state index is -4.87. The zero-order valence-electron chi connectivity index (χ0n) is 6.14. The Morgan fingerprint density at radius 1 is 1.18 bits per heavy atom. The monoisotopic (exact) mass is 220 g/mol. The molecule has 0 fully saturated rings. The van der Waals surface area contributed by atoms with E-state index in [1.54, 1.807) is 0 Å². The van der Waals surface area contributed by atoms with Crippen molar-refractivity contribution in [2.75, 3.05) is 6.51 Å². The van der Waals surface area contributed by atoms with Gasteiger partial charge in [-0.2, -0.15) is 0 Å². The Morgan fingerprint density at radius 2 is 1.55 bits per heavy atom.